The molecule has 1 aromatic rings. The van der Waals surface area contributed by atoms with Crippen LogP contribution in [0.3, 0.4) is 0 Å². The molecule has 0 saturated carbocycles. The van der Waals surface area contributed by atoms with Gasteiger partial charge in [-0.05, 0) is 36.8 Å². The number of allylic oxidation sites excluding steroid dienone is 3. The SMILES string of the molecule is CCCCOC(=O)C1=C(C)NC2=C(C(=O)CC(C)(C)C2)[C@H]1c1cc2c(cc1Cl)OCO2. The van der Waals surface area contributed by atoms with Crippen molar-refractivity contribution in [3.63, 3.8) is 0 Å². The number of ether oxygens (including phenoxy) is 3. The molecule has 0 bridgehead atoms. The minimum Gasteiger partial charge on any atom is -0.462 e. The molecule has 6 nitrogen and oxygen atoms in total. The number of Topliss-reactive ketones (excluding diaryl/α,β-unsaturated/α-hetero) is 1. The van der Waals surface area contributed by atoms with Crippen LogP contribution in [0.4, 0.5) is 0 Å². The molecule has 0 saturated heterocycles. The van der Waals surface area contributed by atoms with E-state index >= 15 is 0 Å². The van der Waals surface area contributed by atoms with Gasteiger partial charge in [-0.2, -0.15) is 0 Å². The second kappa shape index (κ2) is 8.23. The predicted octanol–water partition coefficient (Wildman–Crippen LogP) is 5.02. The number of hydrogen-bond acceptors (Lipinski definition) is 6. The molecule has 0 aromatic heterocycles. The van der Waals surface area contributed by atoms with Crippen LogP contribution in [-0.2, 0) is 14.3 Å². The number of benzene rings is 1. The Hall–Kier alpha value is -2.47. The van der Waals surface area contributed by atoms with Gasteiger partial charge in [0.2, 0.25) is 6.79 Å². The summed E-state index contributed by atoms with van der Waals surface area (Å²) in [5.74, 6) is 0.0852. The Balaban J connectivity index is 1.84. The van der Waals surface area contributed by atoms with Crippen molar-refractivity contribution in [2.24, 2.45) is 5.41 Å². The maximum Gasteiger partial charge on any atom is 0.336 e. The molecule has 1 aliphatic carbocycles. The van der Waals surface area contributed by atoms with Gasteiger partial charge in [0.15, 0.2) is 17.3 Å². The van der Waals surface area contributed by atoms with Crippen LogP contribution < -0.4 is 14.8 Å². The lowest BCUT2D eigenvalue weighted by Gasteiger charge is -2.39. The molecule has 1 N–H and O–H groups in total. The zero-order valence-electron chi connectivity index (χ0n) is 18.4. The Morgan fingerprint density at radius 2 is 1.97 bits per heavy atom. The maximum atomic E-state index is 13.3. The number of rotatable bonds is 5. The normalized spacial score (nSPS) is 21.7. The number of hydrogen-bond donors (Lipinski definition) is 1. The number of halogens is 1. The van der Waals surface area contributed by atoms with Gasteiger partial charge >= 0.3 is 5.97 Å². The first-order valence-electron chi connectivity index (χ1n) is 10.7. The summed E-state index contributed by atoms with van der Waals surface area (Å²) in [6, 6.07) is 3.47. The lowest BCUT2D eigenvalue weighted by molar-refractivity contribution is -0.139. The summed E-state index contributed by atoms with van der Waals surface area (Å²) >= 11 is 6.66. The molecular weight excluding hydrogens is 418 g/mol. The highest BCUT2D eigenvalue weighted by Crippen LogP contribution is 2.50. The van der Waals surface area contributed by atoms with Gasteiger partial charge in [0.05, 0.1) is 12.2 Å². The van der Waals surface area contributed by atoms with Crippen molar-refractivity contribution in [1.29, 1.82) is 0 Å². The van der Waals surface area contributed by atoms with Gasteiger partial charge in [0.25, 0.3) is 0 Å². The van der Waals surface area contributed by atoms with E-state index in [4.69, 9.17) is 25.8 Å². The molecule has 4 rings (SSSR count). The van der Waals surface area contributed by atoms with Crippen molar-refractivity contribution >= 4 is 23.4 Å². The van der Waals surface area contributed by atoms with Crippen molar-refractivity contribution in [2.45, 2.75) is 59.3 Å². The molecule has 0 fully saturated rings. The van der Waals surface area contributed by atoms with Gasteiger partial charge in [0, 0.05) is 40.4 Å². The summed E-state index contributed by atoms with van der Waals surface area (Å²) in [4.78, 5) is 26.5. The summed E-state index contributed by atoms with van der Waals surface area (Å²) in [6.45, 7) is 8.48. The molecule has 3 aliphatic rings. The van der Waals surface area contributed by atoms with Crippen LogP contribution >= 0.6 is 11.6 Å². The average molecular weight is 446 g/mol. The van der Waals surface area contributed by atoms with Crippen molar-refractivity contribution in [1.82, 2.24) is 5.32 Å². The fraction of sp³-hybridized carbons (Fsp3) is 0.500. The van der Waals surface area contributed by atoms with E-state index in [1.54, 1.807) is 12.1 Å². The quantitative estimate of drug-likeness (QED) is 0.507. The first kappa shape index (κ1) is 21.8. The fourth-order valence-electron chi connectivity index (χ4n) is 4.56. The summed E-state index contributed by atoms with van der Waals surface area (Å²) in [5.41, 5.74) is 3.03. The number of carbonyl (C=O) groups excluding carboxylic acids is 2. The molecule has 0 radical (unpaired) electrons. The molecule has 31 heavy (non-hydrogen) atoms. The highest BCUT2D eigenvalue weighted by Gasteiger charge is 2.44. The van der Waals surface area contributed by atoms with Crippen LogP contribution in [0.15, 0.2) is 34.7 Å². The number of esters is 1. The number of fused-ring (bicyclic) bond motifs is 1. The van der Waals surface area contributed by atoms with Crippen LogP contribution in [0, 0.1) is 5.41 Å². The lowest BCUT2D eigenvalue weighted by atomic mass is 9.68. The Morgan fingerprint density at radius 1 is 1.26 bits per heavy atom. The van der Waals surface area contributed by atoms with Gasteiger partial charge in [-0.1, -0.05) is 38.8 Å². The summed E-state index contributed by atoms with van der Waals surface area (Å²) in [7, 11) is 0. The van der Waals surface area contributed by atoms with E-state index in [9.17, 15) is 9.59 Å². The molecule has 2 heterocycles. The zero-order chi connectivity index (χ0) is 22.3. The highest BCUT2D eigenvalue weighted by molar-refractivity contribution is 6.32. The number of ketones is 1. The zero-order valence-corrected chi connectivity index (χ0v) is 19.1. The maximum absolute atomic E-state index is 13.3. The molecule has 7 heteroatoms. The standard InChI is InChI=1S/C24H28ClNO5/c1-5-6-7-29-23(28)20-13(2)26-16-10-24(3,4)11-17(27)22(16)21(20)14-8-18-19(9-15(14)25)31-12-30-18/h8-9,21,26H,5-7,10-12H2,1-4H3/t21-/m0/s1. The van der Waals surface area contributed by atoms with E-state index in [1.165, 1.54) is 0 Å². The third-order valence-electron chi connectivity index (χ3n) is 5.99. The van der Waals surface area contributed by atoms with E-state index < -0.39 is 11.9 Å². The van der Waals surface area contributed by atoms with Gasteiger partial charge < -0.3 is 19.5 Å². The largest absolute Gasteiger partial charge is 0.462 e. The average Bonchev–Trinajstić information content (AvgIpc) is 3.12. The van der Waals surface area contributed by atoms with E-state index in [-0.39, 0.29) is 18.0 Å². The van der Waals surface area contributed by atoms with Crippen molar-refractivity contribution < 1.29 is 23.8 Å². The summed E-state index contributed by atoms with van der Waals surface area (Å²) < 4.78 is 16.6. The monoisotopic (exact) mass is 445 g/mol. The summed E-state index contributed by atoms with van der Waals surface area (Å²) in [5, 5.41) is 3.76. The van der Waals surface area contributed by atoms with E-state index in [1.807, 2.05) is 13.8 Å². The molecule has 166 valence electrons. The second-order valence-corrected chi connectivity index (χ2v) is 9.55. The van der Waals surface area contributed by atoms with Gasteiger partial charge in [-0.25, -0.2) is 4.79 Å². The van der Waals surface area contributed by atoms with E-state index in [0.29, 0.717) is 58.4 Å². The van der Waals surface area contributed by atoms with E-state index in [0.717, 1.165) is 18.5 Å². The Kier molecular flexibility index (Phi) is 5.77. The molecule has 1 aromatic carbocycles. The Labute approximate surface area is 187 Å². The van der Waals surface area contributed by atoms with Gasteiger partial charge in [0.1, 0.15) is 0 Å². The minimum absolute atomic E-state index is 0.0174. The topological polar surface area (TPSA) is 73.9 Å². The third-order valence-corrected chi connectivity index (χ3v) is 6.32. The highest BCUT2D eigenvalue weighted by atomic mass is 35.5. The first-order valence-corrected chi connectivity index (χ1v) is 11.1. The van der Waals surface area contributed by atoms with Crippen LogP contribution in [0.1, 0.15) is 64.9 Å². The fourth-order valence-corrected chi connectivity index (χ4v) is 4.82. The van der Waals surface area contributed by atoms with E-state index in [2.05, 4.69) is 19.2 Å². The van der Waals surface area contributed by atoms with Crippen molar-refractivity contribution in [3.05, 3.63) is 45.3 Å². The molecule has 1 atom stereocenters. The van der Waals surface area contributed by atoms with Crippen molar-refractivity contribution in [3.8, 4) is 11.5 Å². The summed E-state index contributed by atoms with van der Waals surface area (Å²) in [6.07, 6.45) is 2.82. The minimum atomic E-state index is -0.615. The third kappa shape index (κ3) is 4.05. The molecular formula is C24H28ClNO5. The van der Waals surface area contributed by atoms with Crippen LogP contribution in [0.2, 0.25) is 5.02 Å². The lowest BCUT2D eigenvalue weighted by Crippen LogP contribution is -2.38. The van der Waals surface area contributed by atoms with Crippen LogP contribution in [-0.4, -0.2) is 25.2 Å². The van der Waals surface area contributed by atoms with Crippen LogP contribution in [0.25, 0.3) is 0 Å². The second-order valence-electron chi connectivity index (χ2n) is 9.15. The molecule has 2 aliphatic heterocycles. The number of unbranched alkanes of at least 4 members (excludes halogenated alkanes) is 1. The first-order chi connectivity index (χ1) is 14.7. The number of dihydropyridines is 1. The number of carbonyl (C=O) groups is 2. The Morgan fingerprint density at radius 3 is 2.68 bits per heavy atom. The molecule has 0 spiro atoms. The number of nitrogens with one attached hydrogen (secondary N) is 1. The molecule has 0 amide bonds. The van der Waals surface area contributed by atoms with Gasteiger partial charge in [-0.15, -0.1) is 0 Å². The van der Waals surface area contributed by atoms with Gasteiger partial charge in [-0.3, -0.25) is 4.79 Å². The van der Waals surface area contributed by atoms with Crippen LogP contribution in [0.5, 0.6) is 11.5 Å². The Bertz CT molecular complexity index is 1010. The predicted molar refractivity (Wildman–Crippen MR) is 117 cm³/mol. The molecule has 0 unspecified atom stereocenters. The smallest absolute Gasteiger partial charge is 0.336 e. The van der Waals surface area contributed by atoms with Crippen molar-refractivity contribution in [2.75, 3.05) is 13.4 Å².